The van der Waals surface area contributed by atoms with Crippen molar-refractivity contribution in [2.45, 2.75) is 32.8 Å². The van der Waals surface area contributed by atoms with Crippen LogP contribution in [-0.2, 0) is 0 Å². The smallest absolute Gasteiger partial charge is 0.132 e. The van der Waals surface area contributed by atoms with E-state index in [1.807, 2.05) is 18.0 Å². The van der Waals surface area contributed by atoms with Crippen LogP contribution in [-0.4, -0.2) is 34.8 Å². The van der Waals surface area contributed by atoms with Gasteiger partial charge in [0.2, 0.25) is 0 Å². The minimum Gasteiger partial charge on any atom is -0.392 e. The monoisotopic (exact) mass is 209 g/mol. The zero-order chi connectivity index (χ0) is 11.4. The predicted octanol–water partition coefficient (Wildman–Crippen LogP) is 1.42. The third-order valence-electron chi connectivity index (χ3n) is 2.19. The molecule has 1 heterocycles. The lowest BCUT2D eigenvalue weighted by Crippen LogP contribution is -2.27. The van der Waals surface area contributed by atoms with Crippen molar-refractivity contribution < 1.29 is 5.11 Å². The molecule has 4 nitrogen and oxygen atoms in total. The second kappa shape index (κ2) is 5.07. The standard InChI is InChI=1S/C11H19N3O/c1-8(2)10-5-11(13-7-12-10)14(4)6-9(3)15/h5,7-9,15H,6H2,1-4H3. The maximum absolute atomic E-state index is 9.28. The summed E-state index contributed by atoms with van der Waals surface area (Å²) in [4.78, 5) is 10.3. The molecule has 0 saturated heterocycles. The van der Waals surface area contributed by atoms with E-state index in [1.165, 1.54) is 0 Å². The molecule has 1 rings (SSSR count). The molecule has 0 aliphatic heterocycles. The Morgan fingerprint density at radius 1 is 1.33 bits per heavy atom. The summed E-state index contributed by atoms with van der Waals surface area (Å²) in [7, 11) is 1.92. The van der Waals surface area contributed by atoms with Crippen LogP contribution in [0.3, 0.4) is 0 Å². The molecule has 1 aromatic rings. The average molecular weight is 209 g/mol. The highest BCUT2D eigenvalue weighted by Gasteiger charge is 2.08. The summed E-state index contributed by atoms with van der Waals surface area (Å²) in [5.74, 6) is 1.25. The molecule has 0 aliphatic carbocycles. The van der Waals surface area contributed by atoms with E-state index in [4.69, 9.17) is 0 Å². The van der Waals surface area contributed by atoms with Crippen molar-refractivity contribution in [2.24, 2.45) is 0 Å². The van der Waals surface area contributed by atoms with Gasteiger partial charge in [0.05, 0.1) is 6.10 Å². The van der Waals surface area contributed by atoms with Gasteiger partial charge < -0.3 is 10.0 Å². The molecule has 0 fully saturated rings. The zero-order valence-corrected chi connectivity index (χ0v) is 9.81. The number of hydrogen-bond donors (Lipinski definition) is 1. The SMILES string of the molecule is CC(O)CN(C)c1cc(C(C)C)ncn1. The fourth-order valence-electron chi connectivity index (χ4n) is 1.38. The van der Waals surface area contributed by atoms with E-state index in [2.05, 4.69) is 23.8 Å². The lowest BCUT2D eigenvalue weighted by molar-refractivity contribution is 0.201. The molecule has 0 bridgehead atoms. The minimum atomic E-state index is -0.354. The molecule has 1 N–H and O–H groups in total. The van der Waals surface area contributed by atoms with Crippen LogP contribution in [0.1, 0.15) is 32.4 Å². The van der Waals surface area contributed by atoms with Gasteiger partial charge in [-0.25, -0.2) is 9.97 Å². The van der Waals surface area contributed by atoms with Crippen LogP contribution < -0.4 is 4.90 Å². The predicted molar refractivity (Wildman–Crippen MR) is 61.1 cm³/mol. The van der Waals surface area contributed by atoms with E-state index in [1.54, 1.807) is 13.3 Å². The number of hydrogen-bond acceptors (Lipinski definition) is 4. The van der Waals surface area contributed by atoms with E-state index in [0.29, 0.717) is 12.5 Å². The average Bonchev–Trinajstić information content (AvgIpc) is 2.17. The molecule has 0 radical (unpaired) electrons. The van der Waals surface area contributed by atoms with E-state index in [0.717, 1.165) is 11.5 Å². The maximum atomic E-state index is 9.28. The van der Waals surface area contributed by atoms with Gasteiger partial charge in [-0.2, -0.15) is 0 Å². The van der Waals surface area contributed by atoms with Crippen molar-refractivity contribution in [3.8, 4) is 0 Å². The largest absolute Gasteiger partial charge is 0.392 e. The number of likely N-dealkylation sites (N-methyl/N-ethyl adjacent to an activating group) is 1. The summed E-state index contributed by atoms with van der Waals surface area (Å²) >= 11 is 0. The fourth-order valence-corrected chi connectivity index (χ4v) is 1.38. The van der Waals surface area contributed by atoms with E-state index in [9.17, 15) is 5.11 Å². The summed E-state index contributed by atoms with van der Waals surface area (Å²) in [5, 5.41) is 9.28. The molecular weight excluding hydrogens is 190 g/mol. The first-order chi connectivity index (χ1) is 7.00. The van der Waals surface area contributed by atoms with Gasteiger partial charge in [-0.3, -0.25) is 0 Å². The first kappa shape index (κ1) is 11.9. The minimum absolute atomic E-state index is 0.354. The number of anilines is 1. The van der Waals surface area contributed by atoms with Crippen molar-refractivity contribution in [2.75, 3.05) is 18.5 Å². The molecule has 0 aromatic carbocycles. The van der Waals surface area contributed by atoms with Gasteiger partial charge in [-0.1, -0.05) is 13.8 Å². The summed E-state index contributed by atoms with van der Waals surface area (Å²) in [5.41, 5.74) is 1.03. The molecule has 15 heavy (non-hydrogen) atoms. The normalized spacial score (nSPS) is 12.9. The molecule has 84 valence electrons. The highest BCUT2D eigenvalue weighted by molar-refractivity contribution is 5.38. The van der Waals surface area contributed by atoms with Crippen molar-refractivity contribution >= 4 is 5.82 Å². The Morgan fingerprint density at radius 2 is 2.00 bits per heavy atom. The first-order valence-corrected chi connectivity index (χ1v) is 5.22. The van der Waals surface area contributed by atoms with Crippen molar-refractivity contribution in [1.29, 1.82) is 0 Å². The van der Waals surface area contributed by atoms with Gasteiger partial charge in [0.1, 0.15) is 12.1 Å². The van der Waals surface area contributed by atoms with Crippen molar-refractivity contribution in [3.05, 3.63) is 18.1 Å². The first-order valence-electron chi connectivity index (χ1n) is 5.22. The van der Waals surface area contributed by atoms with Gasteiger partial charge in [0.25, 0.3) is 0 Å². The van der Waals surface area contributed by atoms with Gasteiger partial charge in [-0.05, 0) is 12.8 Å². The third kappa shape index (κ3) is 3.47. The van der Waals surface area contributed by atoms with Crippen LogP contribution in [0.25, 0.3) is 0 Å². The van der Waals surface area contributed by atoms with Crippen LogP contribution in [0.15, 0.2) is 12.4 Å². The maximum Gasteiger partial charge on any atom is 0.132 e. The van der Waals surface area contributed by atoms with Crippen LogP contribution >= 0.6 is 0 Å². The molecule has 1 atom stereocenters. The van der Waals surface area contributed by atoms with Crippen LogP contribution in [0, 0.1) is 0 Å². The Hall–Kier alpha value is -1.16. The lowest BCUT2D eigenvalue weighted by Gasteiger charge is -2.20. The van der Waals surface area contributed by atoms with Gasteiger partial charge in [0, 0.05) is 25.4 Å². The van der Waals surface area contributed by atoms with Gasteiger partial charge >= 0.3 is 0 Å². The number of aliphatic hydroxyl groups excluding tert-OH is 1. The quantitative estimate of drug-likeness (QED) is 0.814. The summed E-state index contributed by atoms with van der Waals surface area (Å²) in [6.45, 7) is 6.54. The Bertz CT molecular complexity index is 312. The Balaban J connectivity index is 2.80. The summed E-state index contributed by atoms with van der Waals surface area (Å²) < 4.78 is 0. The number of aromatic nitrogens is 2. The summed E-state index contributed by atoms with van der Waals surface area (Å²) in [6.07, 6.45) is 1.22. The van der Waals surface area contributed by atoms with Crippen molar-refractivity contribution in [3.63, 3.8) is 0 Å². The number of rotatable bonds is 4. The molecule has 0 saturated carbocycles. The zero-order valence-electron chi connectivity index (χ0n) is 9.81. The van der Waals surface area contributed by atoms with Gasteiger partial charge in [0.15, 0.2) is 0 Å². The second-order valence-electron chi connectivity index (χ2n) is 4.19. The highest BCUT2D eigenvalue weighted by atomic mass is 16.3. The highest BCUT2D eigenvalue weighted by Crippen LogP contribution is 2.15. The summed E-state index contributed by atoms with van der Waals surface area (Å²) in [6, 6.07) is 1.97. The number of nitrogens with zero attached hydrogens (tertiary/aromatic N) is 3. The van der Waals surface area contributed by atoms with Crippen LogP contribution in [0.2, 0.25) is 0 Å². The molecular formula is C11H19N3O. The van der Waals surface area contributed by atoms with Crippen LogP contribution in [0.4, 0.5) is 5.82 Å². The third-order valence-corrected chi connectivity index (χ3v) is 2.19. The fraction of sp³-hybridized carbons (Fsp3) is 0.636. The molecule has 0 spiro atoms. The van der Waals surface area contributed by atoms with Crippen molar-refractivity contribution in [1.82, 2.24) is 9.97 Å². The second-order valence-corrected chi connectivity index (χ2v) is 4.19. The molecule has 0 aliphatic rings. The van der Waals surface area contributed by atoms with E-state index >= 15 is 0 Å². The lowest BCUT2D eigenvalue weighted by atomic mass is 10.1. The molecule has 1 unspecified atom stereocenters. The molecule has 1 aromatic heterocycles. The molecule has 4 heteroatoms. The van der Waals surface area contributed by atoms with E-state index < -0.39 is 0 Å². The van der Waals surface area contributed by atoms with Crippen LogP contribution in [0.5, 0.6) is 0 Å². The topological polar surface area (TPSA) is 49.2 Å². The Morgan fingerprint density at radius 3 is 2.53 bits per heavy atom. The molecule has 0 amide bonds. The van der Waals surface area contributed by atoms with E-state index in [-0.39, 0.29) is 6.10 Å². The van der Waals surface area contributed by atoms with Gasteiger partial charge in [-0.15, -0.1) is 0 Å². The number of aliphatic hydroxyl groups is 1. The Labute approximate surface area is 91.0 Å². The Kier molecular flexibility index (Phi) is 4.03.